The molecule has 0 unspecified atom stereocenters. The summed E-state index contributed by atoms with van der Waals surface area (Å²) in [7, 11) is 0. The summed E-state index contributed by atoms with van der Waals surface area (Å²) in [6.07, 6.45) is 0.779. The molecule has 0 aromatic heterocycles. The van der Waals surface area contributed by atoms with Crippen molar-refractivity contribution in [1.29, 1.82) is 0 Å². The van der Waals surface area contributed by atoms with Crippen molar-refractivity contribution in [3.8, 4) is 11.5 Å². The number of urea groups is 1. The molecule has 0 aliphatic carbocycles. The van der Waals surface area contributed by atoms with Crippen molar-refractivity contribution >= 4 is 22.9 Å². The van der Waals surface area contributed by atoms with Gasteiger partial charge < -0.3 is 20.4 Å². The van der Waals surface area contributed by atoms with Crippen LogP contribution in [0.4, 0.5) is 10.5 Å². The normalized spacial score (nSPS) is 11.6. The third-order valence-corrected chi connectivity index (χ3v) is 5.50. The second kappa shape index (κ2) is 10.5. The van der Waals surface area contributed by atoms with Gasteiger partial charge in [-0.15, -0.1) is 0 Å². The zero-order chi connectivity index (χ0) is 23.1. The largest absolute Gasteiger partial charge is 0.508 e. The Labute approximate surface area is 189 Å². The van der Waals surface area contributed by atoms with Crippen LogP contribution in [0.1, 0.15) is 43.9 Å². The number of hydrogen-bond donors (Lipinski definition) is 3. The molecule has 0 aliphatic rings. The molecule has 32 heavy (non-hydrogen) atoms. The number of nitrogens with one attached hydrogen (secondary N) is 1. The van der Waals surface area contributed by atoms with Crippen molar-refractivity contribution < 1.29 is 15.0 Å². The van der Waals surface area contributed by atoms with Crippen LogP contribution in [0.2, 0.25) is 0 Å². The molecule has 3 rings (SSSR count). The molecule has 0 spiro atoms. The molecular formula is C27H30N2O3. The molecule has 0 radical (unpaired) electrons. The fourth-order valence-electron chi connectivity index (χ4n) is 3.76. The van der Waals surface area contributed by atoms with E-state index in [9.17, 15) is 15.0 Å². The summed E-state index contributed by atoms with van der Waals surface area (Å²) in [5, 5.41) is 22.4. The summed E-state index contributed by atoms with van der Waals surface area (Å²) in [6, 6.07) is 22.0. The van der Waals surface area contributed by atoms with Gasteiger partial charge in [0.2, 0.25) is 0 Å². The predicted octanol–water partition coefficient (Wildman–Crippen LogP) is 6.34. The van der Waals surface area contributed by atoms with Crippen LogP contribution in [0.25, 0.3) is 11.1 Å². The molecule has 5 nitrogen and oxygen atoms in total. The second-order valence-electron chi connectivity index (χ2n) is 7.48. The summed E-state index contributed by atoms with van der Waals surface area (Å²) in [5.74, 6) is 0.439. The number of amides is 2. The molecule has 0 saturated heterocycles. The highest BCUT2D eigenvalue weighted by atomic mass is 16.3. The Balaban J connectivity index is 2.05. The monoisotopic (exact) mass is 430 g/mol. The van der Waals surface area contributed by atoms with E-state index < -0.39 is 0 Å². The van der Waals surface area contributed by atoms with Crippen molar-refractivity contribution in [2.75, 3.05) is 18.4 Å². The number of carbonyl (C=O) groups excluding carboxylic acids is 1. The predicted molar refractivity (Wildman–Crippen MR) is 131 cm³/mol. The van der Waals surface area contributed by atoms with Crippen molar-refractivity contribution in [2.45, 2.75) is 27.2 Å². The lowest BCUT2D eigenvalue weighted by atomic mass is 9.88. The second-order valence-corrected chi connectivity index (χ2v) is 7.48. The van der Waals surface area contributed by atoms with Gasteiger partial charge in [0.1, 0.15) is 11.5 Å². The Hall–Kier alpha value is -3.73. The van der Waals surface area contributed by atoms with Crippen molar-refractivity contribution in [3.05, 3.63) is 89.5 Å². The maximum absolute atomic E-state index is 12.4. The molecule has 0 atom stereocenters. The van der Waals surface area contributed by atoms with Crippen molar-refractivity contribution in [3.63, 3.8) is 0 Å². The van der Waals surface area contributed by atoms with E-state index in [1.165, 1.54) is 0 Å². The Kier molecular flexibility index (Phi) is 7.55. The van der Waals surface area contributed by atoms with Gasteiger partial charge >= 0.3 is 6.03 Å². The highest BCUT2D eigenvalue weighted by Gasteiger charge is 2.14. The molecule has 2 amide bonds. The molecule has 0 bridgehead atoms. The number of hydrogen-bond acceptors (Lipinski definition) is 3. The summed E-state index contributed by atoms with van der Waals surface area (Å²) in [4.78, 5) is 14.1. The lowest BCUT2D eigenvalue weighted by Crippen LogP contribution is -2.34. The summed E-state index contributed by atoms with van der Waals surface area (Å²) in [6.45, 7) is 7.32. The first-order chi connectivity index (χ1) is 15.5. The highest BCUT2D eigenvalue weighted by Crippen LogP contribution is 2.35. The highest BCUT2D eigenvalue weighted by molar-refractivity contribution is 5.99. The number of phenols is 2. The van der Waals surface area contributed by atoms with Crippen molar-refractivity contribution in [2.24, 2.45) is 0 Å². The van der Waals surface area contributed by atoms with Gasteiger partial charge in [0.15, 0.2) is 0 Å². The van der Waals surface area contributed by atoms with E-state index >= 15 is 0 Å². The summed E-state index contributed by atoms with van der Waals surface area (Å²) >= 11 is 0. The number of allylic oxidation sites excluding steroid dienone is 1. The smallest absolute Gasteiger partial charge is 0.321 e. The molecule has 0 saturated carbocycles. The van der Waals surface area contributed by atoms with Crippen LogP contribution in [-0.2, 0) is 0 Å². The molecule has 5 heteroatoms. The zero-order valence-corrected chi connectivity index (χ0v) is 18.8. The van der Waals surface area contributed by atoms with Gasteiger partial charge in [-0.25, -0.2) is 4.79 Å². The fraction of sp³-hybridized carbons (Fsp3) is 0.222. The van der Waals surface area contributed by atoms with Crippen LogP contribution in [0, 0.1) is 0 Å². The Morgan fingerprint density at radius 3 is 1.59 bits per heavy atom. The van der Waals surface area contributed by atoms with Gasteiger partial charge in [-0.1, -0.05) is 43.3 Å². The van der Waals surface area contributed by atoms with E-state index in [1.54, 1.807) is 29.2 Å². The van der Waals surface area contributed by atoms with E-state index in [0.717, 1.165) is 39.9 Å². The number of anilines is 1. The minimum Gasteiger partial charge on any atom is -0.508 e. The van der Waals surface area contributed by atoms with E-state index in [-0.39, 0.29) is 17.5 Å². The average molecular weight is 431 g/mol. The lowest BCUT2D eigenvalue weighted by molar-refractivity contribution is 0.217. The number of carbonyl (C=O) groups is 1. The van der Waals surface area contributed by atoms with Gasteiger partial charge in [-0.3, -0.25) is 0 Å². The number of nitrogens with zero attached hydrogens (tertiary/aromatic N) is 1. The van der Waals surface area contributed by atoms with Crippen molar-refractivity contribution in [1.82, 2.24) is 4.90 Å². The molecule has 166 valence electrons. The topological polar surface area (TPSA) is 72.8 Å². The quantitative estimate of drug-likeness (QED) is 0.383. The number of rotatable bonds is 7. The molecular weight excluding hydrogens is 400 g/mol. The zero-order valence-electron chi connectivity index (χ0n) is 18.8. The van der Waals surface area contributed by atoms with Crippen LogP contribution in [0.5, 0.6) is 11.5 Å². The number of phenolic OH excluding ortho intramolecular Hbond substituents is 2. The standard InChI is InChI=1S/C27H30N2O3/c1-4-25(19-9-15-23(30)16-10-19)26(21-11-17-24(31)18-12-21)20-7-13-22(14-8-20)28-27(32)29(5-2)6-3/h7-18,30-31H,4-6H2,1-3H3,(H,28,32)/b26-25+. The van der Waals surface area contributed by atoms with Gasteiger partial charge in [-0.2, -0.15) is 0 Å². The molecule has 3 N–H and O–H groups in total. The summed E-state index contributed by atoms with van der Waals surface area (Å²) < 4.78 is 0. The third-order valence-electron chi connectivity index (χ3n) is 5.50. The third kappa shape index (κ3) is 5.30. The molecule has 0 fully saturated rings. The number of aromatic hydroxyl groups is 2. The average Bonchev–Trinajstić information content (AvgIpc) is 2.80. The minimum absolute atomic E-state index is 0.115. The molecule has 3 aromatic rings. The van der Waals surface area contributed by atoms with Crippen LogP contribution in [0.3, 0.4) is 0 Å². The Bertz CT molecular complexity index is 1070. The van der Waals surface area contributed by atoms with Gasteiger partial charge in [-0.05, 0) is 84.5 Å². The fourth-order valence-corrected chi connectivity index (χ4v) is 3.76. The Morgan fingerprint density at radius 1 is 0.719 bits per heavy atom. The summed E-state index contributed by atoms with van der Waals surface area (Å²) in [5.41, 5.74) is 5.90. The van der Waals surface area contributed by atoms with E-state index in [4.69, 9.17) is 0 Å². The number of benzene rings is 3. The maximum atomic E-state index is 12.4. The van der Waals surface area contributed by atoms with Gasteiger partial charge in [0.25, 0.3) is 0 Å². The Morgan fingerprint density at radius 2 is 1.16 bits per heavy atom. The first-order valence-corrected chi connectivity index (χ1v) is 10.9. The SMILES string of the molecule is CC/C(=C(\c1ccc(O)cc1)c1ccc(NC(=O)N(CC)CC)cc1)c1ccc(O)cc1. The van der Waals surface area contributed by atoms with Crippen LogP contribution < -0.4 is 5.32 Å². The van der Waals surface area contributed by atoms with E-state index in [0.29, 0.717) is 13.1 Å². The van der Waals surface area contributed by atoms with Crippen LogP contribution in [0.15, 0.2) is 72.8 Å². The molecule has 3 aromatic carbocycles. The van der Waals surface area contributed by atoms with Gasteiger partial charge in [0.05, 0.1) is 0 Å². The van der Waals surface area contributed by atoms with Crippen LogP contribution >= 0.6 is 0 Å². The maximum Gasteiger partial charge on any atom is 0.321 e. The lowest BCUT2D eigenvalue weighted by Gasteiger charge is -2.20. The molecule has 0 aliphatic heterocycles. The first-order valence-electron chi connectivity index (χ1n) is 10.9. The molecule has 0 heterocycles. The van der Waals surface area contributed by atoms with Crippen LogP contribution in [-0.4, -0.2) is 34.2 Å². The van der Waals surface area contributed by atoms with E-state index in [2.05, 4.69) is 12.2 Å². The first kappa shape index (κ1) is 22.9. The van der Waals surface area contributed by atoms with E-state index in [1.807, 2.05) is 62.4 Å². The van der Waals surface area contributed by atoms with Gasteiger partial charge in [0, 0.05) is 18.8 Å². The minimum atomic E-state index is -0.115.